The highest BCUT2D eigenvalue weighted by atomic mass is 16.2. The molecule has 3 heteroatoms. The smallest absolute Gasteiger partial charge is 0.255 e. The van der Waals surface area contributed by atoms with Crippen LogP contribution in [0.4, 0.5) is 5.69 Å². The largest absolute Gasteiger partial charge is 0.387 e. The van der Waals surface area contributed by atoms with Gasteiger partial charge in [0.25, 0.3) is 5.91 Å². The van der Waals surface area contributed by atoms with Crippen LogP contribution in [0.25, 0.3) is 0 Å². The summed E-state index contributed by atoms with van der Waals surface area (Å²) in [7, 11) is 3.68. The number of para-hydroxylation sites is 1. The molecule has 0 radical (unpaired) electrons. The lowest BCUT2D eigenvalue weighted by atomic mass is 10.1. The summed E-state index contributed by atoms with van der Waals surface area (Å²) in [5.41, 5.74) is 1.62. The van der Waals surface area contributed by atoms with E-state index in [4.69, 9.17) is 0 Å². The minimum absolute atomic E-state index is 0.0819. The van der Waals surface area contributed by atoms with Crippen LogP contribution in [-0.4, -0.2) is 31.4 Å². The van der Waals surface area contributed by atoms with E-state index in [-0.39, 0.29) is 5.91 Å². The Balaban J connectivity index is 2.79. The van der Waals surface area contributed by atoms with Gasteiger partial charge in [0.15, 0.2) is 0 Å². The van der Waals surface area contributed by atoms with Gasteiger partial charge in [-0.05, 0) is 18.6 Å². The Morgan fingerprint density at radius 2 is 2.06 bits per heavy atom. The molecule has 1 rings (SSSR count). The van der Waals surface area contributed by atoms with Crippen molar-refractivity contribution in [2.75, 3.05) is 26.0 Å². The summed E-state index contributed by atoms with van der Waals surface area (Å²) in [6, 6.07) is 7.59. The van der Waals surface area contributed by atoms with Gasteiger partial charge in [-0.25, -0.2) is 0 Å². The first-order valence-corrected chi connectivity index (χ1v) is 5.73. The van der Waals surface area contributed by atoms with Crippen molar-refractivity contribution in [2.45, 2.75) is 19.8 Å². The van der Waals surface area contributed by atoms with Crippen LogP contribution in [0.3, 0.4) is 0 Å². The molecule has 16 heavy (non-hydrogen) atoms. The van der Waals surface area contributed by atoms with Crippen molar-refractivity contribution in [3.63, 3.8) is 0 Å². The van der Waals surface area contributed by atoms with Crippen molar-refractivity contribution < 1.29 is 4.79 Å². The van der Waals surface area contributed by atoms with Gasteiger partial charge in [0.2, 0.25) is 0 Å². The number of amides is 1. The molecule has 1 aromatic rings. The molecule has 0 saturated carbocycles. The van der Waals surface area contributed by atoms with Gasteiger partial charge in [0.05, 0.1) is 5.56 Å². The van der Waals surface area contributed by atoms with E-state index in [1.165, 1.54) is 0 Å². The summed E-state index contributed by atoms with van der Waals surface area (Å²) < 4.78 is 0. The summed E-state index contributed by atoms with van der Waals surface area (Å²) in [6.07, 6.45) is 2.15. The molecule has 0 saturated heterocycles. The molecule has 1 amide bonds. The topological polar surface area (TPSA) is 32.3 Å². The van der Waals surface area contributed by atoms with Crippen molar-refractivity contribution in [3.05, 3.63) is 29.8 Å². The molecule has 0 fully saturated rings. The van der Waals surface area contributed by atoms with Gasteiger partial charge in [-0.2, -0.15) is 0 Å². The summed E-state index contributed by atoms with van der Waals surface area (Å²) in [5, 5.41) is 3.04. The quantitative estimate of drug-likeness (QED) is 0.827. The summed E-state index contributed by atoms with van der Waals surface area (Å²) in [5.74, 6) is 0.0819. The van der Waals surface area contributed by atoms with E-state index in [2.05, 4.69) is 12.2 Å². The molecule has 3 nitrogen and oxygen atoms in total. The van der Waals surface area contributed by atoms with Crippen LogP contribution in [0.5, 0.6) is 0 Å². The number of rotatable bonds is 5. The van der Waals surface area contributed by atoms with E-state index in [0.29, 0.717) is 0 Å². The van der Waals surface area contributed by atoms with E-state index >= 15 is 0 Å². The second-order valence-corrected chi connectivity index (χ2v) is 3.88. The zero-order chi connectivity index (χ0) is 12.0. The molecule has 0 aliphatic heterocycles. The number of nitrogens with one attached hydrogen (secondary N) is 1. The third-order valence-electron chi connectivity index (χ3n) is 2.62. The third kappa shape index (κ3) is 2.99. The highest BCUT2D eigenvalue weighted by Gasteiger charge is 2.13. The van der Waals surface area contributed by atoms with Crippen molar-refractivity contribution in [2.24, 2.45) is 0 Å². The zero-order valence-corrected chi connectivity index (χ0v) is 10.3. The maximum Gasteiger partial charge on any atom is 0.255 e. The first-order chi connectivity index (χ1) is 7.70. The fourth-order valence-corrected chi connectivity index (χ4v) is 1.59. The number of carbonyl (C=O) groups excluding carboxylic acids is 1. The Hall–Kier alpha value is -1.51. The van der Waals surface area contributed by atoms with Crippen LogP contribution in [-0.2, 0) is 0 Å². The SMILES string of the molecule is CCCCN(C)C(=O)c1ccccc1NC. The van der Waals surface area contributed by atoms with E-state index in [0.717, 1.165) is 30.6 Å². The van der Waals surface area contributed by atoms with Crippen molar-refractivity contribution in [3.8, 4) is 0 Å². The highest BCUT2D eigenvalue weighted by molar-refractivity contribution is 5.99. The van der Waals surface area contributed by atoms with Gasteiger partial charge in [-0.3, -0.25) is 4.79 Å². The van der Waals surface area contributed by atoms with Crippen molar-refractivity contribution >= 4 is 11.6 Å². The Kier molecular flexibility index (Phi) is 4.83. The van der Waals surface area contributed by atoms with E-state index in [9.17, 15) is 4.79 Å². The Morgan fingerprint density at radius 3 is 2.69 bits per heavy atom. The molecule has 0 atom stereocenters. The standard InChI is InChI=1S/C13H20N2O/c1-4-5-10-15(3)13(16)11-8-6-7-9-12(11)14-2/h6-9,14H,4-5,10H2,1-3H3. The zero-order valence-electron chi connectivity index (χ0n) is 10.3. The molecule has 1 aromatic carbocycles. The fraction of sp³-hybridized carbons (Fsp3) is 0.462. The summed E-state index contributed by atoms with van der Waals surface area (Å²) in [4.78, 5) is 13.9. The van der Waals surface area contributed by atoms with Gasteiger partial charge < -0.3 is 10.2 Å². The predicted molar refractivity (Wildman–Crippen MR) is 67.9 cm³/mol. The van der Waals surface area contributed by atoms with Gasteiger partial charge in [-0.15, -0.1) is 0 Å². The number of benzene rings is 1. The molecule has 0 aliphatic rings. The van der Waals surface area contributed by atoms with Crippen LogP contribution in [0.1, 0.15) is 30.1 Å². The van der Waals surface area contributed by atoms with Crippen LogP contribution >= 0.6 is 0 Å². The molecule has 0 bridgehead atoms. The lowest BCUT2D eigenvalue weighted by Gasteiger charge is -2.18. The van der Waals surface area contributed by atoms with Gasteiger partial charge >= 0.3 is 0 Å². The lowest BCUT2D eigenvalue weighted by molar-refractivity contribution is 0.0794. The molecule has 0 heterocycles. The number of anilines is 1. The second-order valence-electron chi connectivity index (χ2n) is 3.88. The summed E-state index contributed by atoms with van der Waals surface area (Å²) in [6.45, 7) is 2.94. The van der Waals surface area contributed by atoms with Crippen LogP contribution in [0, 0.1) is 0 Å². The Morgan fingerprint density at radius 1 is 1.38 bits per heavy atom. The van der Waals surface area contributed by atoms with Crippen LogP contribution in [0.2, 0.25) is 0 Å². The van der Waals surface area contributed by atoms with Crippen LogP contribution < -0.4 is 5.32 Å². The molecule has 1 N–H and O–H groups in total. The average Bonchev–Trinajstić information content (AvgIpc) is 2.34. The normalized spacial score (nSPS) is 9.94. The number of nitrogens with zero attached hydrogens (tertiary/aromatic N) is 1. The van der Waals surface area contributed by atoms with Gasteiger partial charge in [0, 0.05) is 26.3 Å². The fourth-order valence-electron chi connectivity index (χ4n) is 1.59. The third-order valence-corrected chi connectivity index (χ3v) is 2.62. The number of carbonyl (C=O) groups is 1. The second kappa shape index (κ2) is 6.16. The van der Waals surface area contributed by atoms with Crippen molar-refractivity contribution in [1.82, 2.24) is 4.90 Å². The molecule has 0 spiro atoms. The number of hydrogen-bond acceptors (Lipinski definition) is 2. The predicted octanol–water partition coefficient (Wildman–Crippen LogP) is 2.60. The van der Waals surface area contributed by atoms with Crippen LogP contribution in [0.15, 0.2) is 24.3 Å². The molecule has 0 aromatic heterocycles. The number of unbranched alkanes of at least 4 members (excludes halogenated alkanes) is 1. The molecule has 0 unspecified atom stereocenters. The minimum atomic E-state index is 0.0819. The van der Waals surface area contributed by atoms with E-state index < -0.39 is 0 Å². The van der Waals surface area contributed by atoms with Gasteiger partial charge in [-0.1, -0.05) is 25.5 Å². The van der Waals surface area contributed by atoms with Gasteiger partial charge in [0.1, 0.15) is 0 Å². The van der Waals surface area contributed by atoms with E-state index in [1.54, 1.807) is 4.90 Å². The highest BCUT2D eigenvalue weighted by Crippen LogP contribution is 2.16. The Labute approximate surface area is 97.5 Å². The Bertz CT molecular complexity index is 350. The molecule has 0 aliphatic carbocycles. The molecule has 88 valence electrons. The molecular formula is C13H20N2O. The number of hydrogen-bond donors (Lipinski definition) is 1. The van der Waals surface area contributed by atoms with E-state index in [1.807, 2.05) is 38.4 Å². The molecular weight excluding hydrogens is 200 g/mol. The monoisotopic (exact) mass is 220 g/mol. The lowest BCUT2D eigenvalue weighted by Crippen LogP contribution is -2.28. The first kappa shape index (κ1) is 12.6. The summed E-state index contributed by atoms with van der Waals surface area (Å²) >= 11 is 0. The maximum absolute atomic E-state index is 12.1. The average molecular weight is 220 g/mol. The maximum atomic E-state index is 12.1. The van der Waals surface area contributed by atoms with Crippen molar-refractivity contribution in [1.29, 1.82) is 0 Å². The first-order valence-electron chi connectivity index (χ1n) is 5.73. The minimum Gasteiger partial charge on any atom is -0.387 e.